The molecule has 2 N–H and O–H groups in total. The minimum absolute atomic E-state index is 0.0896. The molecule has 2 aliphatic carbocycles. The molecule has 0 aromatic heterocycles. The van der Waals surface area contributed by atoms with Crippen molar-refractivity contribution < 1.29 is 14.4 Å². The summed E-state index contributed by atoms with van der Waals surface area (Å²) >= 11 is 0. The van der Waals surface area contributed by atoms with Gasteiger partial charge in [-0.25, -0.2) is 0 Å². The van der Waals surface area contributed by atoms with E-state index in [-0.39, 0.29) is 17.7 Å². The van der Waals surface area contributed by atoms with Crippen LogP contribution >= 0.6 is 0 Å². The van der Waals surface area contributed by atoms with Gasteiger partial charge in [-0.3, -0.25) is 19.7 Å². The van der Waals surface area contributed by atoms with E-state index in [0.29, 0.717) is 36.9 Å². The number of hydrogen-bond donors (Lipinski definition) is 2. The van der Waals surface area contributed by atoms with Crippen LogP contribution in [0.3, 0.4) is 0 Å². The van der Waals surface area contributed by atoms with Crippen molar-refractivity contribution in [2.75, 3.05) is 0 Å². The highest BCUT2D eigenvalue weighted by molar-refractivity contribution is 6.05. The predicted octanol–water partition coefficient (Wildman–Crippen LogP) is 2.69. The molecule has 1 aromatic carbocycles. The summed E-state index contributed by atoms with van der Waals surface area (Å²) in [6, 6.07) is 7.00. The van der Waals surface area contributed by atoms with Gasteiger partial charge in [-0.05, 0) is 61.6 Å². The number of carbonyl (C=O) groups excluding carboxylic acids is 3. The Labute approximate surface area is 177 Å². The maximum atomic E-state index is 12.9. The first-order valence-corrected chi connectivity index (χ1v) is 11.6. The van der Waals surface area contributed by atoms with Gasteiger partial charge in [0.25, 0.3) is 5.91 Å². The van der Waals surface area contributed by atoms with Crippen LogP contribution in [0, 0.1) is 5.92 Å². The molecular formula is C24H31N3O3. The molecule has 2 heterocycles. The summed E-state index contributed by atoms with van der Waals surface area (Å²) in [5.41, 5.74) is 3.01. The summed E-state index contributed by atoms with van der Waals surface area (Å²) in [4.78, 5) is 38.2. The smallest absolute Gasteiger partial charge is 0.255 e. The lowest BCUT2D eigenvalue weighted by Crippen LogP contribution is -2.52. The Bertz CT molecular complexity index is 863. The number of hydrogen-bond acceptors (Lipinski definition) is 4. The van der Waals surface area contributed by atoms with Crippen molar-refractivity contribution in [1.82, 2.24) is 15.5 Å². The molecule has 0 spiro atoms. The van der Waals surface area contributed by atoms with Crippen LogP contribution < -0.4 is 10.6 Å². The van der Waals surface area contributed by atoms with Crippen molar-refractivity contribution in [2.45, 2.75) is 88.9 Å². The third-order valence-corrected chi connectivity index (χ3v) is 7.55. The Balaban J connectivity index is 1.28. The SMILES string of the molecule is O=C1CCC(N2Cc3cc(C[C@H]4CCCC[C@@H]4NC4CCC4)ccc3C2=O)C(=O)N1. The minimum Gasteiger partial charge on any atom is -0.322 e. The van der Waals surface area contributed by atoms with E-state index < -0.39 is 6.04 Å². The fraction of sp³-hybridized carbons (Fsp3) is 0.625. The third-order valence-electron chi connectivity index (χ3n) is 7.55. The van der Waals surface area contributed by atoms with Gasteiger partial charge < -0.3 is 10.2 Å². The van der Waals surface area contributed by atoms with Crippen molar-refractivity contribution in [3.05, 3.63) is 34.9 Å². The fourth-order valence-electron chi connectivity index (χ4n) is 5.61. The second-order valence-corrected chi connectivity index (χ2v) is 9.54. The average molecular weight is 410 g/mol. The van der Waals surface area contributed by atoms with Crippen LogP contribution in [0.25, 0.3) is 0 Å². The highest BCUT2D eigenvalue weighted by Crippen LogP contribution is 2.33. The second-order valence-electron chi connectivity index (χ2n) is 9.54. The number of piperidine rings is 1. The number of amides is 3. The number of carbonyl (C=O) groups is 3. The first-order chi connectivity index (χ1) is 14.6. The summed E-state index contributed by atoms with van der Waals surface area (Å²) in [6.45, 7) is 0.461. The monoisotopic (exact) mass is 409 g/mol. The predicted molar refractivity (Wildman–Crippen MR) is 113 cm³/mol. The van der Waals surface area contributed by atoms with E-state index in [2.05, 4.69) is 22.8 Å². The number of rotatable bonds is 5. The van der Waals surface area contributed by atoms with E-state index in [1.807, 2.05) is 6.07 Å². The Hall–Kier alpha value is -2.21. The summed E-state index contributed by atoms with van der Waals surface area (Å²) < 4.78 is 0. The molecule has 1 unspecified atom stereocenters. The van der Waals surface area contributed by atoms with Crippen LogP contribution in [0.1, 0.15) is 79.3 Å². The number of imide groups is 1. The highest BCUT2D eigenvalue weighted by atomic mass is 16.2. The van der Waals surface area contributed by atoms with Gasteiger partial charge in [0.2, 0.25) is 11.8 Å². The first-order valence-electron chi connectivity index (χ1n) is 11.6. The molecule has 3 amide bonds. The number of benzene rings is 1. The molecule has 6 heteroatoms. The fourth-order valence-corrected chi connectivity index (χ4v) is 5.61. The van der Waals surface area contributed by atoms with Gasteiger partial charge in [0.05, 0.1) is 0 Å². The van der Waals surface area contributed by atoms with Crippen LogP contribution in [0.15, 0.2) is 18.2 Å². The lowest BCUT2D eigenvalue weighted by atomic mass is 9.79. The molecule has 5 rings (SSSR count). The van der Waals surface area contributed by atoms with Gasteiger partial charge in [0.1, 0.15) is 6.04 Å². The van der Waals surface area contributed by atoms with Crippen LogP contribution in [-0.2, 0) is 22.6 Å². The standard InChI is InChI=1S/C24H31N3O3/c28-22-11-10-21(23(29)26-22)27-14-17-13-15(8-9-19(17)24(27)30)12-16-4-1-2-7-20(16)25-18-5-3-6-18/h8-9,13,16,18,20-21,25H,1-7,10-12,14H2,(H,26,28,29)/t16-,20+,21?/m1/s1. The largest absolute Gasteiger partial charge is 0.322 e. The molecule has 2 saturated carbocycles. The van der Waals surface area contributed by atoms with E-state index in [0.717, 1.165) is 18.0 Å². The van der Waals surface area contributed by atoms with E-state index >= 15 is 0 Å². The zero-order chi connectivity index (χ0) is 20.7. The van der Waals surface area contributed by atoms with E-state index in [1.54, 1.807) is 4.90 Å². The maximum Gasteiger partial charge on any atom is 0.255 e. The van der Waals surface area contributed by atoms with Crippen LogP contribution in [0.4, 0.5) is 0 Å². The second kappa shape index (κ2) is 8.14. The zero-order valence-corrected chi connectivity index (χ0v) is 17.5. The molecule has 0 bridgehead atoms. The molecule has 160 valence electrons. The van der Waals surface area contributed by atoms with Crippen LogP contribution in [0.5, 0.6) is 0 Å². The number of nitrogens with one attached hydrogen (secondary N) is 2. The van der Waals surface area contributed by atoms with Crippen molar-refractivity contribution in [2.24, 2.45) is 5.92 Å². The average Bonchev–Trinajstić information content (AvgIpc) is 3.02. The molecule has 1 saturated heterocycles. The Morgan fingerprint density at radius 2 is 1.83 bits per heavy atom. The summed E-state index contributed by atoms with van der Waals surface area (Å²) in [5.74, 6) is -0.0334. The quantitative estimate of drug-likeness (QED) is 0.733. The van der Waals surface area contributed by atoms with E-state index in [1.165, 1.54) is 50.5 Å². The van der Waals surface area contributed by atoms with Gasteiger partial charge in [0.15, 0.2) is 0 Å². The Kier molecular flexibility index (Phi) is 5.35. The molecule has 2 aliphatic heterocycles. The highest BCUT2D eigenvalue weighted by Gasteiger charge is 2.39. The molecule has 0 radical (unpaired) electrons. The molecule has 3 atom stereocenters. The van der Waals surface area contributed by atoms with E-state index in [4.69, 9.17) is 0 Å². The van der Waals surface area contributed by atoms with Gasteiger partial charge in [-0.2, -0.15) is 0 Å². The Morgan fingerprint density at radius 1 is 1.00 bits per heavy atom. The number of nitrogens with zero attached hydrogens (tertiary/aromatic N) is 1. The van der Waals surface area contributed by atoms with Gasteiger partial charge in [-0.15, -0.1) is 0 Å². The van der Waals surface area contributed by atoms with Crippen molar-refractivity contribution in [3.8, 4) is 0 Å². The lowest BCUT2D eigenvalue weighted by molar-refractivity contribution is -0.136. The van der Waals surface area contributed by atoms with Gasteiger partial charge in [0, 0.05) is 30.6 Å². The summed E-state index contributed by atoms with van der Waals surface area (Å²) in [7, 11) is 0. The lowest BCUT2D eigenvalue weighted by Gasteiger charge is -2.38. The van der Waals surface area contributed by atoms with Crippen LogP contribution in [0.2, 0.25) is 0 Å². The van der Waals surface area contributed by atoms with E-state index in [9.17, 15) is 14.4 Å². The van der Waals surface area contributed by atoms with Crippen molar-refractivity contribution in [1.29, 1.82) is 0 Å². The molecule has 6 nitrogen and oxygen atoms in total. The normalized spacial score (nSPS) is 29.5. The summed E-state index contributed by atoms with van der Waals surface area (Å²) in [6.07, 6.45) is 10.9. The van der Waals surface area contributed by atoms with Gasteiger partial charge >= 0.3 is 0 Å². The minimum atomic E-state index is -0.541. The van der Waals surface area contributed by atoms with Crippen LogP contribution in [-0.4, -0.2) is 40.7 Å². The molecule has 4 aliphatic rings. The van der Waals surface area contributed by atoms with Gasteiger partial charge in [-0.1, -0.05) is 31.4 Å². The van der Waals surface area contributed by atoms with Crippen molar-refractivity contribution >= 4 is 17.7 Å². The third kappa shape index (κ3) is 3.78. The molecule has 3 fully saturated rings. The zero-order valence-electron chi connectivity index (χ0n) is 17.5. The molecule has 1 aromatic rings. The topological polar surface area (TPSA) is 78.5 Å². The molecule has 30 heavy (non-hydrogen) atoms. The van der Waals surface area contributed by atoms with Crippen molar-refractivity contribution in [3.63, 3.8) is 0 Å². The number of fused-ring (bicyclic) bond motifs is 1. The molecular weight excluding hydrogens is 378 g/mol. The summed E-state index contributed by atoms with van der Waals surface area (Å²) in [5, 5.41) is 6.28. The maximum absolute atomic E-state index is 12.9. The first kappa shape index (κ1) is 19.7. The Morgan fingerprint density at radius 3 is 2.60 bits per heavy atom.